The van der Waals surface area contributed by atoms with Crippen molar-refractivity contribution >= 4 is 6.09 Å². The van der Waals surface area contributed by atoms with Gasteiger partial charge in [-0.25, -0.2) is 14.8 Å². The van der Waals surface area contributed by atoms with Crippen LogP contribution in [0.4, 0.5) is 4.79 Å². The van der Waals surface area contributed by atoms with Gasteiger partial charge in [-0.3, -0.25) is 4.98 Å². The third-order valence-corrected chi connectivity index (χ3v) is 7.75. The van der Waals surface area contributed by atoms with E-state index in [4.69, 9.17) is 14.2 Å². The fourth-order valence-corrected chi connectivity index (χ4v) is 5.61. The van der Waals surface area contributed by atoms with E-state index in [1.165, 1.54) is 32.0 Å². The van der Waals surface area contributed by atoms with E-state index >= 15 is 0 Å². The minimum absolute atomic E-state index is 0.00536. The van der Waals surface area contributed by atoms with E-state index in [1.807, 2.05) is 30.9 Å². The van der Waals surface area contributed by atoms with E-state index in [-0.39, 0.29) is 30.4 Å². The van der Waals surface area contributed by atoms with Gasteiger partial charge in [-0.05, 0) is 76.3 Å². The van der Waals surface area contributed by atoms with Crippen molar-refractivity contribution in [1.82, 2.24) is 19.9 Å². The van der Waals surface area contributed by atoms with Gasteiger partial charge in [-0.2, -0.15) is 0 Å². The van der Waals surface area contributed by atoms with Crippen LogP contribution in [0.1, 0.15) is 62.6 Å². The molecular formula is C26H32N4O4. The summed E-state index contributed by atoms with van der Waals surface area (Å²) in [5.74, 6) is 2.87. The van der Waals surface area contributed by atoms with Crippen LogP contribution in [-0.4, -0.2) is 50.2 Å². The van der Waals surface area contributed by atoms with Gasteiger partial charge < -0.3 is 19.1 Å². The van der Waals surface area contributed by atoms with Crippen LogP contribution in [0.2, 0.25) is 0 Å². The van der Waals surface area contributed by atoms with Crippen LogP contribution in [-0.2, 0) is 4.74 Å². The predicted octanol–water partition coefficient (Wildman–Crippen LogP) is 4.98. The Labute approximate surface area is 200 Å². The number of carbonyl (C=O) groups excluding carboxylic acids is 1. The fraction of sp³-hybridized carbons (Fsp3) is 0.615. The van der Waals surface area contributed by atoms with E-state index in [0.29, 0.717) is 29.3 Å². The van der Waals surface area contributed by atoms with E-state index < -0.39 is 0 Å². The molecule has 2 aromatic rings. The van der Waals surface area contributed by atoms with Gasteiger partial charge in [0.25, 0.3) is 0 Å². The minimum Gasteiger partial charge on any atom is -0.474 e. The number of rotatable bonds is 7. The molecule has 2 aliphatic heterocycles. The molecular weight excluding hydrogens is 432 g/mol. The zero-order chi connectivity index (χ0) is 23.2. The maximum absolute atomic E-state index is 13.1. The second-order valence-electron chi connectivity index (χ2n) is 10.3. The Kier molecular flexibility index (Phi) is 5.54. The zero-order valence-corrected chi connectivity index (χ0v) is 19.9. The first-order valence-electron chi connectivity index (χ1n) is 12.6. The molecule has 2 atom stereocenters. The molecule has 1 amide bonds. The number of hydrogen-bond acceptors (Lipinski definition) is 7. The number of aryl methyl sites for hydroxylation is 1. The van der Waals surface area contributed by atoms with Crippen molar-refractivity contribution in [2.45, 2.75) is 89.5 Å². The smallest absolute Gasteiger partial charge is 0.410 e. The molecule has 2 aliphatic carbocycles. The van der Waals surface area contributed by atoms with Gasteiger partial charge in [-0.1, -0.05) is 0 Å². The molecule has 2 bridgehead atoms. The molecule has 2 saturated carbocycles. The molecule has 0 aromatic carbocycles. The van der Waals surface area contributed by atoms with E-state index in [2.05, 4.69) is 15.0 Å². The summed E-state index contributed by atoms with van der Waals surface area (Å²) >= 11 is 0. The molecule has 4 heterocycles. The van der Waals surface area contributed by atoms with Crippen molar-refractivity contribution in [3.8, 4) is 17.5 Å². The first-order valence-corrected chi connectivity index (χ1v) is 12.6. The first kappa shape index (κ1) is 21.6. The summed E-state index contributed by atoms with van der Waals surface area (Å²) in [6.45, 7) is 3.81. The molecule has 34 heavy (non-hydrogen) atoms. The summed E-state index contributed by atoms with van der Waals surface area (Å²) in [5.41, 5.74) is 1.56. The molecule has 6 rings (SSSR count). The lowest BCUT2D eigenvalue weighted by molar-refractivity contribution is 0.00349. The van der Waals surface area contributed by atoms with Crippen LogP contribution in [0.15, 0.2) is 24.7 Å². The van der Waals surface area contributed by atoms with Crippen molar-refractivity contribution in [1.29, 1.82) is 0 Å². The number of pyridine rings is 1. The Bertz CT molecular complexity index is 1040. The van der Waals surface area contributed by atoms with Crippen molar-refractivity contribution in [3.05, 3.63) is 35.9 Å². The Morgan fingerprint density at radius 2 is 1.65 bits per heavy atom. The lowest BCUT2D eigenvalue weighted by Crippen LogP contribution is -2.50. The van der Waals surface area contributed by atoms with E-state index in [0.717, 1.165) is 36.9 Å². The van der Waals surface area contributed by atoms with Gasteiger partial charge in [-0.15, -0.1) is 0 Å². The van der Waals surface area contributed by atoms with Crippen molar-refractivity contribution in [3.63, 3.8) is 0 Å². The third kappa shape index (κ3) is 4.30. The largest absolute Gasteiger partial charge is 0.474 e. The van der Waals surface area contributed by atoms with Gasteiger partial charge in [0.2, 0.25) is 11.8 Å². The first-order chi connectivity index (χ1) is 16.6. The molecule has 0 N–H and O–H groups in total. The highest BCUT2D eigenvalue weighted by Crippen LogP contribution is 2.47. The Morgan fingerprint density at radius 1 is 0.971 bits per heavy atom. The summed E-state index contributed by atoms with van der Waals surface area (Å²) in [6.07, 6.45) is 11.7. The molecule has 0 spiro atoms. The lowest BCUT2D eigenvalue weighted by atomic mass is 10.00. The Hall–Kier alpha value is -2.90. The van der Waals surface area contributed by atoms with E-state index in [1.54, 1.807) is 6.20 Å². The third-order valence-electron chi connectivity index (χ3n) is 7.75. The van der Waals surface area contributed by atoms with Crippen LogP contribution >= 0.6 is 0 Å². The van der Waals surface area contributed by atoms with Crippen LogP contribution in [0.5, 0.6) is 17.5 Å². The molecule has 4 fully saturated rings. The molecule has 0 radical (unpaired) electrons. The number of aromatic nitrogens is 3. The Morgan fingerprint density at radius 3 is 2.29 bits per heavy atom. The molecule has 180 valence electrons. The molecule has 8 heteroatoms. The van der Waals surface area contributed by atoms with Gasteiger partial charge in [0.05, 0.1) is 11.3 Å². The quantitative estimate of drug-likeness (QED) is 0.571. The number of amides is 1. The summed E-state index contributed by atoms with van der Waals surface area (Å²) < 4.78 is 18.4. The summed E-state index contributed by atoms with van der Waals surface area (Å²) in [6, 6.07) is 4.05. The second kappa shape index (κ2) is 8.71. The average molecular weight is 465 g/mol. The highest BCUT2D eigenvalue weighted by atomic mass is 16.6. The minimum atomic E-state index is -0.101. The monoisotopic (exact) mass is 464 g/mol. The predicted molar refractivity (Wildman–Crippen MR) is 124 cm³/mol. The number of ether oxygens (including phenoxy) is 3. The van der Waals surface area contributed by atoms with Gasteiger partial charge in [0.1, 0.15) is 18.5 Å². The molecule has 8 nitrogen and oxygen atoms in total. The fourth-order valence-electron chi connectivity index (χ4n) is 5.61. The van der Waals surface area contributed by atoms with Crippen LogP contribution in [0.3, 0.4) is 0 Å². The van der Waals surface area contributed by atoms with E-state index in [9.17, 15) is 4.79 Å². The summed E-state index contributed by atoms with van der Waals surface area (Å²) in [4.78, 5) is 28.1. The topological polar surface area (TPSA) is 86.7 Å². The normalized spacial score (nSPS) is 26.0. The van der Waals surface area contributed by atoms with Crippen LogP contribution in [0.25, 0.3) is 0 Å². The van der Waals surface area contributed by atoms with Crippen molar-refractivity contribution < 1.29 is 19.0 Å². The molecule has 2 aromatic heterocycles. The molecule has 2 saturated heterocycles. The number of nitrogens with zero attached hydrogens (tertiary/aromatic N) is 4. The van der Waals surface area contributed by atoms with Crippen LogP contribution in [0, 0.1) is 25.7 Å². The second-order valence-corrected chi connectivity index (χ2v) is 10.3. The maximum atomic E-state index is 13.1. The Balaban J connectivity index is 1.11. The van der Waals surface area contributed by atoms with Crippen molar-refractivity contribution in [2.75, 3.05) is 0 Å². The number of piperidine rings is 1. The maximum Gasteiger partial charge on any atom is 0.410 e. The highest BCUT2D eigenvalue weighted by Gasteiger charge is 2.49. The van der Waals surface area contributed by atoms with Gasteiger partial charge in [0, 0.05) is 31.1 Å². The van der Waals surface area contributed by atoms with Gasteiger partial charge in [0.15, 0.2) is 5.75 Å². The zero-order valence-electron chi connectivity index (χ0n) is 19.9. The number of fused-ring (bicyclic) bond motifs is 2. The van der Waals surface area contributed by atoms with Crippen LogP contribution < -0.4 is 9.47 Å². The lowest BCUT2D eigenvalue weighted by Gasteiger charge is -2.38. The number of hydrogen-bond donors (Lipinski definition) is 0. The SMILES string of the molecule is Cc1ncccc1Oc1ncnc(OC2CC3CCC(C2)N3C(=O)OC(C2CC2)C2CC2)c1C. The molecule has 2 unspecified atom stereocenters. The molecule has 4 aliphatic rings. The standard InChI is InChI=1S/C26H32N4O4/c1-15-24(28-14-29-25(15)33-22-4-3-11-27-16(22)2)32-21-12-19-9-10-20(13-21)30(19)26(31)34-23(17-5-6-17)18-7-8-18/h3-4,11,14,17-21,23H,5-10,12-13H2,1-2H3. The summed E-state index contributed by atoms with van der Waals surface area (Å²) in [7, 11) is 0. The average Bonchev–Trinajstić information content (AvgIpc) is 3.74. The summed E-state index contributed by atoms with van der Waals surface area (Å²) in [5, 5.41) is 0. The number of carbonyl (C=O) groups is 1. The van der Waals surface area contributed by atoms with Crippen molar-refractivity contribution in [2.24, 2.45) is 11.8 Å². The van der Waals surface area contributed by atoms with Gasteiger partial charge >= 0.3 is 6.09 Å². The highest BCUT2D eigenvalue weighted by molar-refractivity contribution is 5.69.